The molecule has 1 aromatic heterocycles. The molecule has 4 nitrogen and oxygen atoms in total. The zero-order valence-electron chi connectivity index (χ0n) is 19.2. The van der Waals surface area contributed by atoms with Crippen LogP contribution in [-0.4, -0.2) is 13.4 Å². The lowest BCUT2D eigenvalue weighted by atomic mass is 9.85. The lowest BCUT2D eigenvalue weighted by Crippen LogP contribution is -2.34. The maximum absolute atomic E-state index is 14.2. The second kappa shape index (κ2) is 7.56. The molecule has 5 rings (SSSR count). The Balaban J connectivity index is 1.89. The maximum Gasteiger partial charge on any atom is 0.269 e. The van der Waals surface area contributed by atoms with Crippen LogP contribution >= 0.6 is 0 Å². The minimum absolute atomic E-state index is 0.0946. The lowest BCUT2D eigenvalue weighted by molar-refractivity contribution is 0.585. The Kier molecular flexibility index (Phi) is 4.91. The quantitative estimate of drug-likeness (QED) is 0.342. The van der Waals surface area contributed by atoms with E-state index in [-0.39, 0.29) is 5.41 Å². The van der Waals surface area contributed by atoms with Crippen molar-refractivity contribution in [2.45, 2.75) is 38.0 Å². The van der Waals surface area contributed by atoms with Crippen molar-refractivity contribution < 1.29 is 8.42 Å². The number of hydrogen-bond acceptors (Lipinski definition) is 3. The minimum Gasteiger partial charge on any atom is -0.254 e. The third kappa shape index (κ3) is 3.44. The second-order valence-corrected chi connectivity index (χ2v) is 11.2. The summed E-state index contributed by atoms with van der Waals surface area (Å²) in [4.78, 5) is 4.87. The summed E-state index contributed by atoms with van der Waals surface area (Å²) < 4.78 is 29.9. The molecular formula is C28H26N2O2S. The van der Waals surface area contributed by atoms with Gasteiger partial charge in [0.05, 0.1) is 21.8 Å². The molecule has 3 aromatic carbocycles. The summed E-state index contributed by atoms with van der Waals surface area (Å²) >= 11 is 0. The van der Waals surface area contributed by atoms with Gasteiger partial charge in [-0.05, 0) is 53.3 Å². The highest BCUT2D eigenvalue weighted by Crippen LogP contribution is 2.46. The average molecular weight is 455 g/mol. The minimum atomic E-state index is -3.88. The molecule has 0 atom stereocenters. The van der Waals surface area contributed by atoms with Gasteiger partial charge in [0, 0.05) is 17.1 Å². The van der Waals surface area contributed by atoms with Crippen molar-refractivity contribution in [3.05, 3.63) is 102 Å². The van der Waals surface area contributed by atoms with Gasteiger partial charge in [0.2, 0.25) is 0 Å². The molecule has 0 saturated heterocycles. The first kappa shape index (κ1) is 21.4. The Labute approximate surface area is 195 Å². The van der Waals surface area contributed by atoms with Crippen molar-refractivity contribution >= 4 is 37.9 Å². The molecule has 0 aliphatic carbocycles. The summed E-state index contributed by atoms with van der Waals surface area (Å²) in [5, 5.41) is 0.893. The summed E-state index contributed by atoms with van der Waals surface area (Å²) in [7, 11) is -3.88. The number of sulfonamides is 1. The van der Waals surface area contributed by atoms with Crippen molar-refractivity contribution in [1.82, 2.24) is 4.98 Å². The van der Waals surface area contributed by atoms with Gasteiger partial charge in [-0.3, -0.25) is 4.98 Å². The average Bonchev–Trinajstić information content (AvgIpc) is 2.80. The van der Waals surface area contributed by atoms with E-state index in [4.69, 9.17) is 0 Å². The number of benzene rings is 3. The summed E-state index contributed by atoms with van der Waals surface area (Å²) in [5.74, 6) is 0. The first-order valence-corrected chi connectivity index (χ1v) is 12.4. The van der Waals surface area contributed by atoms with Gasteiger partial charge in [0.15, 0.2) is 0 Å². The predicted octanol–water partition coefficient (Wildman–Crippen LogP) is 6.63. The summed E-state index contributed by atoms with van der Waals surface area (Å²) in [5.41, 5.74) is 5.39. The summed E-state index contributed by atoms with van der Waals surface area (Å²) in [6.45, 7) is 8.42. The molecule has 0 radical (unpaired) electrons. The SMILES string of the molecule is CC1=C(c2ccccc2)N(c2cccc3cccnc23)S(=O)(=O)c2ccc(C(C)(C)C)cc21. The largest absolute Gasteiger partial charge is 0.269 e. The monoisotopic (exact) mass is 454 g/mol. The molecular weight excluding hydrogens is 428 g/mol. The number of allylic oxidation sites excluding steroid dienone is 1. The molecule has 33 heavy (non-hydrogen) atoms. The number of nitrogens with zero attached hydrogens (tertiary/aromatic N) is 2. The Morgan fingerprint density at radius 2 is 1.58 bits per heavy atom. The van der Waals surface area contributed by atoms with Gasteiger partial charge in [-0.25, -0.2) is 12.7 Å². The Hall–Kier alpha value is -3.44. The fraction of sp³-hybridized carbons (Fsp3) is 0.179. The van der Waals surface area contributed by atoms with Crippen LogP contribution in [0.15, 0.2) is 90.0 Å². The Morgan fingerprint density at radius 1 is 0.848 bits per heavy atom. The number of aromatic nitrogens is 1. The van der Waals surface area contributed by atoms with Gasteiger partial charge in [-0.1, -0.05) is 75.4 Å². The van der Waals surface area contributed by atoms with Crippen molar-refractivity contribution in [3.63, 3.8) is 0 Å². The van der Waals surface area contributed by atoms with E-state index < -0.39 is 10.0 Å². The lowest BCUT2D eigenvalue weighted by Gasteiger charge is -2.35. The van der Waals surface area contributed by atoms with Crippen LogP contribution in [0.4, 0.5) is 5.69 Å². The zero-order chi connectivity index (χ0) is 23.4. The van der Waals surface area contributed by atoms with Crippen LogP contribution in [0, 0.1) is 0 Å². The van der Waals surface area contributed by atoms with Gasteiger partial charge in [-0.2, -0.15) is 0 Å². The van der Waals surface area contributed by atoms with Gasteiger partial charge in [-0.15, -0.1) is 0 Å². The van der Waals surface area contributed by atoms with E-state index in [9.17, 15) is 8.42 Å². The summed E-state index contributed by atoms with van der Waals surface area (Å²) in [6, 6.07) is 24.9. The first-order chi connectivity index (χ1) is 15.7. The van der Waals surface area contributed by atoms with E-state index >= 15 is 0 Å². The number of para-hydroxylation sites is 1. The van der Waals surface area contributed by atoms with Crippen LogP contribution in [0.5, 0.6) is 0 Å². The predicted molar refractivity (Wildman–Crippen MR) is 135 cm³/mol. The second-order valence-electron chi connectivity index (χ2n) is 9.42. The highest BCUT2D eigenvalue weighted by Gasteiger charge is 2.38. The number of pyridine rings is 1. The molecule has 5 heteroatoms. The van der Waals surface area contributed by atoms with E-state index in [1.165, 1.54) is 4.31 Å². The van der Waals surface area contributed by atoms with E-state index in [1.807, 2.05) is 79.7 Å². The number of fused-ring (bicyclic) bond motifs is 2. The molecule has 0 fully saturated rings. The Bertz CT molecular complexity index is 1510. The van der Waals surface area contributed by atoms with E-state index in [0.29, 0.717) is 21.8 Å². The van der Waals surface area contributed by atoms with Crippen molar-refractivity contribution in [1.29, 1.82) is 0 Å². The fourth-order valence-corrected chi connectivity index (χ4v) is 6.26. The summed E-state index contributed by atoms with van der Waals surface area (Å²) in [6.07, 6.45) is 1.70. The number of anilines is 1. The van der Waals surface area contributed by atoms with Crippen LogP contribution in [0.25, 0.3) is 22.2 Å². The third-order valence-electron chi connectivity index (χ3n) is 6.20. The topological polar surface area (TPSA) is 50.3 Å². The van der Waals surface area contributed by atoms with Gasteiger partial charge in [0.1, 0.15) is 0 Å². The zero-order valence-corrected chi connectivity index (χ0v) is 20.0. The van der Waals surface area contributed by atoms with Gasteiger partial charge >= 0.3 is 0 Å². The molecule has 4 aromatic rings. The van der Waals surface area contributed by atoms with Crippen molar-refractivity contribution in [2.75, 3.05) is 4.31 Å². The van der Waals surface area contributed by atoms with E-state index in [1.54, 1.807) is 12.3 Å². The molecule has 0 amide bonds. The molecule has 0 N–H and O–H groups in total. The maximum atomic E-state index is 14.2. The van der Waals surface area contributed by atoms with Gasteiger partial charge < -0.3 is 0 Å². The van der Waals surface area contributed by atoms with Crippen LogP contribution in [-0.2, 0) is 15.4 Å². The highest BCUT2D eigenvalue weighted by molar-refractivity contribution is 7.93. The van der Waals surface area contributed by atoms with Crippen LogP contribution in [0.3, 0.4) is 0 Å². The number of hydrogen-bond donors (Lipinski definition) is 0. The third-order valence-corrected chi connectivity index (χ3v) is 7.98. The smallest absolute Gasteiger partial charge is 0.254 e. The molecule has 166 valence electrons. The molecule has 0 unspecified atom stereocenters. The van der Waals surface area contributed by atoms with Crippen LogP contribution in [0.1, 0.15) is 44.4 Å². The fourth-order valence-electron chi connectivity index (χ4n) is 4.44. The van der Waals surface area contributed by atoms with E-state index in [0.717, 1.165) is 27.6 Å². The molecule has 1 aliphatic heterocycles. The van der Waals surface area contributed by atoms with Crippen molar-refractivity contribution in [3.8, 4) is 0 Å². The molecule has 2 heterocycles. The first-order valence-electron chi connectivity index (χ1n) is 11.0. The normalized spacial score (nSPS) is 15.6. The van der Waals surface area contributed by atoms with E-state index in [2.05, 4.69) is 25.8 Å². The molecule has 0 spiro atoms. The van der Waals surface area contributed by atoms with Crippen LogP contribution in [0.2, 0.25) is 0 Å². The number of rotatable bonds is 2. The van der Waals surface area contributed by atoms with Crippen LogP contribution < -0.4 is 4.31 Å². The Morgan fingerprint density at radius 3 is 2.30 bits per heavy atom. The van der Waals surface area contributed by atoms with Crippen molar-refractivity contribution in [2.24, 2.45) is 0 Å². The molecule has 0 bridgehead atoms. The van der Waals surface area contributed by atoms with Gasteiger partial charge in [0.25, 0.3) is 10.0 Å². The highest BCUT2D eigenvalue weighted by atomic mass is 32.2. The molecule has 1 aliphatic rings. The molecule has 0 saturated carbocycles. The standard InChI is InChI=1S/C28H26N2O2S/c1-19-23-18-22(28(2,3)4)15-16-25(23)33(31,32)30(27(19)21-10-6-5-7-11-21)24-14-8-12-20-13-9-17-29-26(20)24/h5-18H,1-4H3.